The Balaban J connectivity index is 2.18. The van der Waals surface area contributed by atoms with Crippen molar-refractivity contribution in [3.63, 3.8) is 0 Å². The topological polar surface area (TPSA) is 17.3 Å². The van der Waals surface area contributed by atoms with Crippen molar-refractivity contribution in [2.45, 2.75) is 0 Å². The summed E-state index contributed by atoms with van der Waals surface area (Å²) >= 11 is 0. The maximum absolute atomic E-state index is 4.69. The van der Waals surface area contributed by atoms with Crippen molar-refractivity contribution in [2.24, 2.45) is 0 Å². The molecule has 0 aliphatic rings. The van der Waals surface area contributed by atoms with Gasteiger partial charge in [0.05, 0.1) is 16.6 Å². The third-order valence-corrected chi connectivity index (χ3v) is 4.99. The summed E-state index contributed by atoms with van der Waals surface area (Å²) in [5.41, 5.74) is 3.60. The highest BCUT2D eigenvalue weighted by atomic mass is 14.9. The van der Waals surface area contributed by atoms with Crippen LogP contribution in [-0.4, -0.2) is 9.38 Å². The quantitative estimate of drug-likeness (QED) is 0.271. The number of rotatable bonds is 0. The molecule has 3 aromatic carbocycles. The van der Waals surface area contributed by atoms with Crippen LogP contribution in [0.3, 0.4) is 0 Å². The Kier molecular flexibility index (Phi) is 1.89. The van der Waals surface area contributed by atoms with Gasteiger partial charge in [0.2, 0.25) is 0 Å². The van der Waals surface area contributed by atoms with E-state index in [1.54, 1.807) is 0 Å². The van der Waals surface area contributed by atoms with Gasteiger partial charge < -0.3 is 4.40 Å². The molecular weight excluding hydrogens is 280 g/mol. The van der Waals surface area contributed by atoms with E-state index < -0.39 is 0 Å². The van der Waals surface area contributed by atoms with Gasteiger partial charge in [0.25, 0.3) is 0 Å². The first-order valence-corrected chi connectivity index (χ1v) is 7.84. The number of aromatic nitrogens is 2. The summed E-state index contributed by atoms with van der Waals surface area (Å²) in [6, 6.07) is 21.7. The summed E-state index contributed by atoms with van der Waals surface area (Å²) in [6.07, 6.45) is 4.03. The lowest BCUT2D eigenvalue weighted by atomic mass is 9.93. The molecule has 0 fully saturated rings. The van der Waals surface area contributed by atoms with Crippen molar-refractivity contribution in [2.75, 3.05) is 0 Å². The first-order chi connectivity index (χ1) is 11.4. The summed E-state index contributed by atoms with van der Waals surface area (Å²) in [5.74, 6) is 0. The van der Waals surface area contributed by atoms with E-state index in [9.17, 15) is 0 Å². The van der Waals surface area contributed by atoms with Gasteiger partial charge in [0.1, 0.15) is 0 Å². The highest BCUT2D eigenvalue weighted by molar-refractivity contribution is 6.34. The van der Waals surface area contributed by atoms with Crippen LogP contribution in [-0.2, 0) is 0 Å². The molecule has 2 nitrogen and oxygen atoms in total. The van der Waals surface area contributed by atoms with Gasteiger partial charge in [-0.3, -0.25) is 4.98 Å². The van der Waals surface area contributed by atoms with Gasteiger partial charge in [-0.15, -0.1) is 0 Å². The van der Waals surface area contributed by atoms with E-state index >= 15 is 0 Å². The number of nitrogens with zero attached hydrogens (tertiary/aromatic N) is 2. The van der Waals surface area contributed by atoms with Crippen LogP contribution in [0.15, 0.2) is 73.1 Å². The highest BCUT2D eigenvalue weighted by Gasteiger charge is 2.16. The molecule has 6 rings (SSSR count). The molecule has 0 unspecified atom stereocenters. The minimum Gasteiger partial charge on any atom is -0.316 e. The second-order valence-electron chi connectivity index (χ2n) is 6.09. The van der Waals surface area contributed by atoms with E-state index in [-0.39, 0.29) is 0 Å². The average molecular weight is 292 g/mol. The SMILES string of the molecule is c1cnc2c(c1)c1cccc3c1c1c2cccc1n1cccc31. The fourth-order valence-corrected chi connectivity index (χ4v) is 4.11. The number of hydrogen-bond donors (Lipinski definition) is 0. The van der Waals surface area contributed by atoms with Gasteiger partial charge in [-0.05, 0) is 29.7 Å². The van der Waals surface area contributed by atoms with Crippen molar-refractivity contribution < 1.29 is 0 Å². The summed E-state index contributed by atoms with van der Waals surface area (Å²) in [5, 5.41) is 7.73. The lowest BCUT2D eigenvalue weighted by molar-refractivity contribution is 1.29. The first kappa shape index (κ1) is 11.4. The van der Waals surface area contributed by atoms with Gasteiger partial charge in [0, 0.05) is 39.3 Å². The van der Waals surface area contributed by atoms with Crippen LogP contribution in [0.4, 0.5) is 0 Å². The number of hydrogen-bond acceptors (Lipinski definition) is 1. The number of pyridine rings is 2. The Morgan fingerprint density at radius 1 is 0.609 bits per heavy atom. The lowest BCUT2D eigenvalue weighted by Crippen LogP contribution is -1.93. The number of benzene rings is 3. The third kappa shape index (κ3) is 1.24. The smallest absolute Gasteiger partial charge is 0.0787 e. The van der Waals surface area contributed by atoms with E-state index in [1.807, 2.05) is 12.3 Å². The van der Waals surface area contributed by atoms with Crippen LogP contribution in [0.2, 0.25) is 0 Å². The van der Waals surface area contributed by atoms with E-state index in [1.165, 1.54) is 43.4 Å². The van der Waals surface area contributed by atoms with Gasteiger partial charge in [0.15, 0.2) is 0 Å². The van der Waals surface area contributed by atoms with Gasteiger partial charge >= 0.3 is 0 Å². The lowest BCUT2D eigenvalue weighted by Gasteiger charge is -2.16. The second kappa shape index (κ2) is 3.79. The van der Waals surface area contributed by atoms with E-state index in [0.717, 1.165) is 5.52 Å². The fraction of sp³-hybridized carbons (Fsp3) is 0. The van der Waals surface area contributed by atoms with Crippen LogP contribution in [0, 0.1) is 0 Å². The average Bonchev–Trinajstić information content (AvgIpc) is 3.11. The minimum absolute atomic E-state index is 1.09. The minimum atomic E-state index is 1.09. The number of fused-ring (bicyclic) bond motifs is 6. The Morgan fingerprint density at radius 3 is 2.39 bits per heavy atom. The second-order valence-corrected chi connectivity index (χ2v) is 6.09. The Bertz CT molecular complexity index is 1250. The van der Waals surface area contributed by atoms with E-state index in [0.29, 0.717) is 0 Å². The monoisotopic (exact) mass is 292 g/mol. The molecule has 6 aromatic rings. The molecule has 0 N–H and O–H groups in total. The molecule has 0 atom stereocenters. The fourth-order valence-electron chi connectivity index (χ4n) is 4.11. The largest absolute Gasteiger partial charge is 0.316 e. The normalized spacial score (nSPS) is 12.3. The Morgan fingerprint density at radius 2 is 1.39 bits per heavy atom. The zero-order valence-corrected chi connectivity index (χ0v) is 12.3. The highest BCUT2D eigenvalue weighted by Crippen LogP contribution is 2.41. The first-order valence-electron chi connectivity index (χ1n) is 7.84. The molecular formula is C21H12N2. The van der Waals surface area contributed by atoms with Gasteiger partial charge in [-0.2, -0.15) is 0 Å². The Labute approximate surface area is 131 Å². The van der Waals surface area contributed by atoms with Crippen LogP contribution in [0.1, 0.15) is 0 Å². The molecule has 0 spiro atoms. The van der Waals surface area contributed by atoms with Crippen LogP contribution in [0.5, 0.6) is 0 Å². The molecule has 0 bridgehead atoms. The van der Waals surface area contributed by atoms with E-state index in [2.05, 4.69) is 70.2 Å². The molecule has 106 valence electrons. The Hall–Kier alpha value is -3.13. The summed E-state index contributed by atoms with van der Waals surface area (Å²) in [7, 11) is 0. The van der Waals surface area contributed by atoms with E-state index in [4.69, 9.17) is 0 Å². The maximum Gasteiger partial charge on any atom is 0.0787 e. The molecule has 3 aromatic heterocycles. The standard InChI is InChI=1S/C21H12N2/c1-5-13-14-8-3-11-22-21(14)16-7-2-9-18-20(16)19(13)15(6-1)17-10-4-12-23(17)18/h1-12H. The summed E-state index contributed by atoms with van der Waals surface area (Å²) < 4.78 is 2.29. The van der Waals surface area contributed by atoms with Crippen molar-refractivity contribution in [1.29, 1.82) is 0 Å². The van der Waals surface area contributed by atoms with Crippen molar-refractivity contribution in [1.82, 2.24) is 9.38 Å². The molecule has 0 aliphatic carbocycles. The predicted octanol–water partition coefficient (Wildman–Crippen LogP) is 5.38. The van der Waals surface area contributed by atoms with Crippen molar-refractivity contribution in [3.8, 4) is 0 Å². The summed E-state index contributed by atoms with van der Waals surface area (Å²) in [6.45, 7) is 0. The van der Waals surface area contributed by atoms with Crippen LogP contribution < -0.4 is 0 Å². The molecule has 3 heterocycles. The molecule has 23 heavy (non-hydrogen) atoms. The van der Waals surface area contributed by atoms with Crippen LogP contribution >= 0.6 is 0 Å². The maximum atomic E-state index is 4.69. The molecule has 0 aliphatic heterocycles. The summed E-state index contributed by atoms with van der Waals surface area (Å²) in [4.78, 5) is 4.69. The van der Waals surface area contributed by atoms with Gasteiger partial charge in [-0.1, -0.05) is 36.4 Å². The van der Waals surface area contributed by atoms with Gasteiger partial charge in [-0.25, -0.2) is 0 Å². The molecule has 0 amide bonds. The van der Waals surface area contributed by atoms with Crippen molar-refractivity contribution >= 4 is 48.9 Å². The zero-order valence-electron chi connectivity index (χ0n) is 12.3. The molecule has 0 radical (unpaired) electrons. The predicted molar refractivity (Wildman–Crippen MR) is 96.4 cm³/mol. The van der Waals surface area contributed by atoms with Crippen molar-refractivity contribution in [3.05, 3.63) is 73.1 Å². The van der Waals surface area contributed by atoms with Crippen LogP contribution in [0.25, 0.3) is 48.9 Å². The molecule has 2 heteroatoms. The third-order valence-electron chi connectivity index (χ3n) is 4.99. The molecule has 0 saturated carbocycles. The molecule has 0 saturated heterocycles. The zero-order chi connectivity index (χ0) is 15.0.